The Bertz CT molecular complexity index is 851. The lowest BCUT2D eigenvalue weighted by molar-refractivity contribution is -0.126. The molecule has 0 saturated carbocycles. The Morgan fingerprint density at radius 2 is 1.68 bits per heavy atom. The van der Waals surface area contributed by atoms with Gasteiger partial charge in [-0.05, 0) is 23.3 Å². The molecule has 0 saturated heterocycles. The van der Waals surface area contributed by atoms with Crippen molar-refractivity contribution in [3.8, 4) is 0 Å². The fourth-order valence-electron chi connectivity index (χ4n) is 2.88. The van der Waals surface area contributed by atoms with Gasteiger partial charge in [0.05, 0.1) is 6.26 Å². The van der Waals surface area contributed by atoms with Gasteiger partial charge in [-0.3, -0.25) is 4.79 Å². The van der Waals surface area contributed by atoms with Gasteiger partial charge in [-0.2, -0.15) is 0 Å². The Kier molecular flexibility index (Phi) is 3.04. The van der Waals surface area contributed by atoms with Crippen LogP contribution in [0.25, 0.3) is 17.0 Å². The quantitative estimate of drug-likeness (QED) is 0.668. The molecule has 2 heterocycles. The van der Waals surface area contributed by atoms with E-state index in [4.69, 9.17) is 4.42 Å². The lowest BCUT2D eigenvalue weighted by Gasteiger charge is -2.12. The second-order valence-electron chi connectivity index (χ2n) is 5.48. The number of nitrogens with zero attached hydrogens (tertiary/aromatic N) is 1. The zero-order chi connectivity index (χ0) is 14.9. The van der Waals surface area contributed by atoms with Crippen LogP contribution in [0.2, 0.25) is 0 Å². The molecule has 1 aliphatic rings. The van der Waals surface area contributed by atoms with Crippen LogP contribution in [0.1, 0.15) is 16.7 Å². The van der Waals surface area contributed by atoms with Gasteiger partial charge in [0.15, 0.2) is 0 Å². The summed E-state index contributed by atoms with van der Waals surface area (Å²) in [5.41, 5.74) is 4.24. The molecule has 0 aliphatic carbocycles. The van der Waals surface area contributed by atoms with Crippen molar-refractivity contribution in [2.24, 2.45) is 0 Å². The maximum atomic E-state index is 12.4. The van der Waals surface area contributed by atoms with Crippen molar-refractivity contribution in [3.05, 3.63) is 77.6 Å². The molecule has 0 atom stereocenters. The number of amides is 1. The molecule has 3 aromatic rings. The Morgan fingerprint density at radius 3 is 2.45 bits per heavy atom. The molecule has 0 unspecified atom stereocenters. The minimum absolute atomic E-state index is 0.0291. The van der Waals surface area contributed by atoms with Gasteiger partial charge in [-0.25, -0.2) is 0 Å². The van der Waals surface area contributed by atoms with Gasteiger partial charge in [0.2, 0.25) is 5.91 Å². The summed E-state index contributed by atoms with van der Waals surface area (Å²) in [5.74, 6) is 0.0291. The summed E-state index contributed by atoms with van der Waals surface area (Å²) in [5, 5.41) is 1.02. The second-order valence-corrected chi connectivity index (χ2v) is 5.48. The number of hydrogen-bond donors (Lipinski definition) is 0. The van der Waals surface area contributed by atoms with Crippen molar-refractivity contribution in [3.63, 3.8) is 0 Å². The highest BCUT2D eigenvalue weighted by atomic mass is 16.3. The molecule has 108 valence electrons. The molecule has 3 nitrogen and oxygen atoms in total. The van der Waals surface area contributed by atoms with Crippen LogP contribution in [0, 0.1) is 0 Å². The molecule has 3 heteroatoms. The topological polar surface area (TPSA) is 33.5 Å². The second kappa shape index (κ2) is 5.19. The van der Waals surface area contributed by atoms with E-state index in [-0.39, 0.29) is 5.91 Å². The van der Waals surface area contributed by atoms with Gasteiger partial charge < -0.3 is 9.32 Å². The largest absolute Gasteiger partial charge is 0.464 e. The van der Waals surface area contributed by atoms with E-state index in [1.807, 2.05) is 47.4 Å². The molecule has 2 aromatic carbocycles. The van der Waals surface area contributed by atoms with Crippen molar-refractivity contribution in [1.29, 1.82) is 0 Å². The van der Waals surface area contributed by atoms with E-state index in [0.717, 1.165) is 16.5 Å². The number of para-hydroxylation sites is 1. The van der Waals surface area contributed by atoms with Crippen molar-refractivity contribution in [2.45, 2.75) is 13.1 Å². The first kappa shape index (κ1) is 12.9. The minimum atomic E-state index is 0.0291. The van der Waals surface area contributed by atoms with Crippen LogP contribution in [-0.2, 0) is 17.9 Å². The van der Waals surface area contributed by atoms with Crippen LogP contribution in [0.4, 0.5) is 0 Å². The Hall–Kier alpha value is -2.81. The van der Waals surface area contributed by atoms with Crippen LogP contribution < -0.4 is 0 Å². The number of rotatable bonds is 2. The smallest absolute Gasteiger partial charge is 0.247 e. The van der Waals surface area contributed by atoms with E-state index in [2.05, 4.69) is 12.1 Å². The van der Waals surface area contributed by atoms with Crippen molar-refractivity contribution in [1.82, 2.24) is 4.90 Å². The van der Waals surface area contributed by atoms with E-state index in [0.29, 0.717) is 13.1 Å². The highest BCUT2D eigenvalue weighted by molar-refractivity contribution is 5.95. The SMILES string of the molecule is O=C(C=Cc1coc2ccccc12)N1Cc2ccccc2C1. The molecular weight excluding hydrogens is 274 g/mol. The summed E-state index contributed by atoms with van der Waals surface area (Å²) in [6, 6.07) is 16.0. The van der Waals surface area contributed by atoms with Crippen LogP contribution in [0.5, 0.6) is 0 Å². The Labute approximate surface area is 128 Å². The van der Waals surface area contributed by atoms with Crippen molar-refractivity contribution >= 4 is 23.0 Å². The summed E-state index contributed by atoms with van der Waals surface area (Å²) in [7, 11) is 0. The van der Waals surface area contributed by atoms with Crippen molar-refractivity contribution in [2.75, 3.05) is 0 Å². The zero-order valence-electron chi connectivity index (χ0n) is 12.0. The van der Waals surface area contributed by atoms with E-state index >= 15 is 0 Å². The van der Waals surface area contributed by atoms with Crippen LogP contribution in [0.3, 0.4) is 0 Å². The number of carbonyl (C=O) groups is 1. The predicted molar refractivity (Wildman–Crippen MR) is 85.9 cm³/mol. The van der Waals surface area contributed by atoms with Crippen LogP contribution in [-0.4, -0.2) is 10.8 Å². The normalized spacial score (nSPS) is 13.9. The summed E-state index contributed by atoms with van der Waals surface area (Å²) >= 11 is 0. The number of hydrogen-bond acceptors (Lipinski definition) is 2. The average Bonchev–Trinajstić information content (AvgIpc) is 3.16. The lowest BCUT2D eigenvalue weighted by atomic mass is 10.1. The summed E-state index contributed by atoms with van der Waals surface area (Å²) < 4.78 is 5.48. The van der Waals surface area contributed by atoms with Gasteiger partial charge >= 0.3 is 0 Å². The highest BCUT2D eigenvalue weighted by Gasteiger charge is 2.21. The molecule has 0 radical (unpaired) electrons. The first-order valence-electron chi connectivity index (χ1n) is 7.31. The molecular formula is C19H15NO2. The summed E-state index contributed by atoms with van der Waals surface area (Å²) in [6.07, 6.45) is 5.15. The van der Waals surface area contributed by atoms with E-state index in [9.17, 15) is 4.79 Å². The molecule has 0 fully saturated rings. The van der Waals surface area contributed by atoms with Gasteiger partial charge in [0.1, 0.15) is 5.58 Å². The van der Waals surface area contributed by atoms with Gasteiger partial charge in [-0.1, -0.05) is 42.5 Å². The molecule has 0 spiro atoms. The summed E-state index contributed by atoms with van der Waals surface area (Å²) in [4.78, 5) is 14.2. The Balaban J connectivity index is 1.53. The van der Waals surface area contributed by atoms with Crippen LogP contribution in [0.15, 0.2) is 65.3 Å². The zero-order valence-corrected chi connectivity index (χ0v) is 12.0. The third-order valence-corrected chi connectivity index (χ3v) is 4.07. The van der Waals surface area contributed by atoms with E-state index in [1.54, 1.807) is 12.3 Å². The monoisotopic (exact) mass is 289 g/mol. The minimum Gasteiger partial charge on any atom is -0.464 e. The van der Waals surface area contributed by atoms with Gasteiger partial charge in [0.25, 0.3) is 0 Å². The molecule has 22 heavy (non-hydrogen) atoms. The van der Waals surface area contributed by atoms with E-state index < -0.39 is 0 Å². The fourth-order valence-corrected chi connectivity index (χ4v) is 2.88. The lowest BCUT2D eigenvalue weighted by Crippen LogP contribution is -2.22. The van der Waals surface area contributed by atoms with Gasteiger partial charge in [-0.15, -0.1) is 0 Å². The predicted octanol–water partition coefficient (Wildman–Crippen LogP) is 3.99. The Morgan fingerprint density at radius 1 is 1.00 bits per heavy atom. The third-order valence-electron chi connectivity index (χ3n) is 4.07. The molecule has 1 amide bonds. The number of fused-ring (bicyclic) bond motifs is 2. The standard InChI is InChI=1S/C19H15NO2/c21-19(20-11-14-5-1-2-6-15(14)12-20)10-9-16-13-22-18-8-4-3-7-17(16)18/h1-10,13H,11-12H2. The molecule has 0 bridgehead atoms. The maximum Gasteiger partial charge on any atom is 0.247 e. The molecule has 1 aliphatic heterocycles. The average molecular weight is 289 g/mol. The molecule has 1 aromatic heterocycles. The fraction of sp³-hybridized carbons (Fsp3) is 0.105. The van der Waals surface area contributed by atoms with Crippen molar-refractivity contribution < 1.29 is 9.21 Å². The van der Waals surface area contributed by atoms with Crippen LogP contribution >= 0.6 is 0 Å². The third kappa shape index (κ3) is 2.21. The first-order valence-corrected chi connectivity index (χ1v) is 7.31. The van der Waals surface area contributed by atoms with E-state index in [1.165, 1.54) is 11.1 Å². The number of furan rings is 1. The van der Waals surface area contributed by atoms with Gasteiger partial charge in [0, 0.05) is 30.1 Å². The number of benzene rings is 2. The molecule has 4 rings (SSSR count). The summed E-state index contributed by atoms with van der Waals surface area (Å²) in [6.45, 7) is 1.37. The first-order chi connectivity index (χ1) is 10.8. The highest BCUT2D eigenvalue weighted by Crippen LogP contribution is 2.24. The number of carbonyl (C=O) groups excluding carboxylic acids is 1. The maximum absolute atomic E-state index is 12.4. The molecule has 0 N–H and O–H groups in total.